The minimum absolute atomic E-state index is 0.351. The molecule has 0 unspecified atom stereocenters. The monoisotopic (exact) mass is 323 g/mol. The molecule has 0 spiro atoms. The lowest BCUT2D eigenvalue weighted by Gasteiger charge is -2.39. The number of sulfone groups is 1. The highest BCUT2D eigenvalue weighted by Crippen LogP contribution is 2.30. The van der Waals surface area contributed by atoms with Gasteiger partial charge in [-0.05, 0) is 43.5 Å². The number of rotatable bonds is 6. The predicted molar refractivity (Wildman–Crippen MR) is 75.3 cm³/mol. The molecule has 0 amide bonds. The first-order chi connectivity index (χ1) is 9.46. The van der Waals surface area contributed by atoms with Gasteiger partial charge < -0.3 is 4.90 Å². The fourth-order valence-corrected chi connectivity index (χ4v) is 3.15. The van der Waals surface area contributed by atoms with Crippen molar-refractivity contribution in [3.8, 4) is 0 Å². The summed E-state index contributed by atoms with van der Waals surface area (Å²) in [5.74, 6) is -2.92. The van der Waals surface area contributed by atoms with Crippen molar-refractivity contribution in [3.05, 3.63) is 24.3 Å². The van der Waals surface area contributed by atoms with Crippen molar-refractivity contribution in [2.75, 3.05) is 17.3 Å². The Labute approximate surface area is 122 Å². The minimum Gasteiger partial charge on any atom is -0.367 e. The zero-order valence-electron chi connectivity index (χ0n) is 10.8. The van der Waals surface area contributed by atoms with Crippen LogP contribution in [0.15, 0.2) is 29.2 Å². The summed E-state index contributed by atoms with van der Waals surface area (Å²) in [7, 11) is -4.52. The Morgan fingerprint density at radius 3 is 2.25 bits per heavy atom. The fourth-order valence-electron chi connectivity index (χ4n) is 2.24. The van der Waals surface area contributed by atoms with E-state index in [1.165, 1.54) is 18.6 Å². The van der Waals surface area contributed by atoms with Gasteiger partial charge in [0.2, 0.25) is 9.84 Å². The van der Waals surface area contributed by atoms with Crippen molar-refractivity contribution in [3.63, 3.8) is 0 Å². The van der Waals surface area contributed by atoms with Crippen LogP contribution >= 0.6 is 11.6 Å². The molecule has 0 atom stereocenters. The van der Waals surface area contributed by atoms with Crippen molar-refractivity contribution >= 4 is 27.1 Å². The number of alkyl halides is 3. The van der Waals surface area contributed by atoms with Crippen LogP contribution in [0.25, 0.3) is 0 Å². The van der Waals surface area contributed by atoms with E-state index in [4.69, 9.17) is 11.6 Å². The highest BCUT2D eigenvalue weighted by atomic mass is 35.5. The first-order valence-electron chi connectivity index (χ1n) is 6.41. The largest absolute Gasteiger partial charge is 0.367 e. The standard InChI is InChI=1S/C13H16ClF2NO2S/c14-8-9-17(10-2-1-3-10)11-4-6-12(7-5-11)20(18,19)13(15)16/h4-7,10,13H,1-3,8-9H2. The Hall–Kier alpha value is -0.880. The normalized spacial score (nSPS) is 16.2. The summed E-state index contributed by atoms with van der Waals surface area (Å²) < 4.78 is 47.6. The fraction of sp³-hybridized carbons (Fsp3) is 0.538. The molecule has 0 saturated heterocycles. The topological polar surface area (TPSA) is 37.4 Å². The van der Waals surface area contributed by atoms with Crippen molar-refractivity contribution in [1.29, 1.82) is 0 Å². The first kappa shape index (κ1) is 15.5. The van der Waals surface area contributed by atoms with E-state index < -0.39 is 15.6 Å². The summed E-state index contributed by atoms with van der Waals surface area (Å²) in [5.41, 5.74) is 0.823. The maximum atomic E-state index is 12.5. The molecule has 1 fully saturated rings. The van der Waals surface area contributed by atoms with Crippen LogP contribution in [0.1, 0.15) is 19.3 Å². The molecular weight excluding hydrogens is 308 g/mol. The molecule has 1 aliphatic carbocycles. The molecule has 2 rings (SSSR count). The Morgan fingerprint density at radius 2 is 1.85 bits per heavy atom. The van der Waals surface area contributed by atoms with Gasteiger partial charge >= 0.3 is 5.76 Å². The third kappa shape index (κ3) is 3.06. The number of benzene rings is 1. The minimum atomic E-state index is -4.52. The van der Waals surface area contributed by atoms with Gasteiger partial charge in [-0.2, -0.15) is 8.78 Å². The summed E-state index contributed by atoms with van der Waals surface area (Å²) >= 11 is 5.78. The maximum Gasteiger partial charge on any atom is 0.341 e. The number of hydrogen-bond acceptors (Lipinski definition) is 3. The van der Waals surface area contributed by atoms with Crippen LogP contribution in [0.3, 0.4) is 0 Å². The van der Waals surface area contributed by atoms with Gasteiger partial charge in [-0.3, -0.25) is 0 Å². The zero-order chi connectivity index (χ0) is 14.8. The molecule has 0 heterocycles. The Balaban J connectivity index is 2.22. The Bertz CT molecular complexity index is 544. The number of anilines is 1. The van der Waals surface area contributed by atoms with Gasteiger partial charge in [0.05, 0.1) is 4.90 Å². The van der Waals surface area contributed by atoms with E-state index in [0.717, 1.165) is 18.5 Å². The van der Waals surface area contributed by atoms with Crippen molar-refractivity contribution < 1.29 is 17.2 Å². The second-order valence-corrected chi connectivity index (χ2v) is 7.06. The Morgan fingerprint density at radius 1 is 1.25 bits per heavy atom. The van der Waals surface area contributed by atoms with E-state index in [1.807, 2.05) is 0 Å². The van der Waals surface area contributed by atoms with E-state index >= 15 is 0 Å². The molecule has 7 heteroatoms. The molecule has 0 aromatic heterocycles. The van der Waals surface area contributed by atoms with E-state index in [0.29, 0.717) is 18.5 Å². The molecule has 0 N–H and O–H groups in total. The van der Waals surface area contributed by atoms with E-state index in [9.17, 15) is 17.2 Å². The molecule has 20 heavy (non-hydrogen) atoms. The number of halogens is 3. The van der Waals surface area contributed by atoms with Gasteiger partial charge in [-0.15, -0.1) is 11.6 Å². The Kier molecular flexibility index (Phi) is 4.86. The lowest BCUT2D eigenvalue weighted by molar-refractivity contribution is 0.234. The molecule has 3 nitrogen and oxygen atoms in total. The number of nitrogens with zero attached hydrogens (tertiary/aromatic N) is 1. The van der Waals surface area contributed by atoms with Gasteiger partial charge in [-0.1, -0.05) is 0 Å². The molecule has 112 valence electrons. The molecule has 0 aliphatic heterocycles. The average Bonchev–Trinajstić information content (AvgIpc) is 2.36. The second-order valence-electron chi connectivity index (χ2n) is 4.77. The van der Waals surface area contributed by atoms with E-state index in [2.05, 4.69) is 4.90 Å². The van der Waals surface area contributed by atoms with E-state index in [1.54, 1.807) is 12.1 Å². The van der Waals surface area contributed by atoms with Crippen LogP contribution in [0.2, 0.25) is 0 Å². The molecule has 0 bridgehead atoms. The van der Waals surface area contributed by atoms with Crippen molar-refractivity contribution in [2.45, 2.75) is 36.0 Å². The highest BCUT2D eigenvalue weighted by Gasteiger charge is 2.28. The molecule has 1 aromatic rings. The first-order valence-corrected chi connectivity index (χ1v) is 8.49. The summed E-state index contributed by atoms with van der Waals surface area (Å²) in [6.45, 7) is 0.660. The average molecular weight is 324 g/mol. The lowest BCUT2D eigenvalue weighted by Crippen LogP contribution is -2.41. The predicted octanol–water partition coefficient (Wildman–Crippen LogP) is 3.28. The van der Waals surface area contributed by atoms with Crippen LogP contribution in [-0.2, 0) is 9.84 Å². The van der Waals surface area contributed by atoms with Crippen LogP contribution in [0, 0.1) is 0 Å². The second kappa shape index (κ2) is 6.26. The summed E-state index contributed by atoms with van der Waals surface area (Å²) in [5, 5.41) is 0. The zero-order valence-corrected chi connectivity index (χ0v) is 12.4. The van der Waals surface area contributed by atoms with Crippen LogP contribution in [0.5, 0.6) is 0 Å². The quantitative estimate of drug-likeness (QED) is 0.754. The smallest absolute Gasteiger partial charge is 0.341 e. The lowest BCUT2D eigenvalue weighted by atomic mass is 9.91. The summed E-state index contributed by atoms with van der Waals surface area (Å²) in [6.07, 6.45) is 3.32. The van der Waals surface area contributed by atoms with Crippen molar-refractivity contribution in [1.82, 2.24) is 0 Å². The number of hydrogen-bond donors (Lipinski definition) is 0. The SMILES string of the molecule is O=S(=O)(c1ccc(N(CCCl)C2CCC2)cc1)C(F)F. The van der Waals surface area contributed by atoms with E-state index in [-0.39, 0.29) is 4.90 Å². The molecule has 0 radical (unpaired) electrons. The van der Waals surface area contributed by atoms with Crippen molar-refractivity contribution in [2.24, 2.45) is 0 Å². The van der Waals surface area contributed by atoms with Gasteiger partial charge in [0, 0.05) is 24.2 Å². The van der Waals surface area contributed by atoms with Gasteiger partial charge in [0.25, 0.3) is 0 Å². The maximum absolute atomic E-state index is 12.5. The molecular formula is C13H16ClF2NO2S. The molecule has 1 aromatic carbocycles. The van der Waals surface area contributed by atoms with Crippen LogP contribution in [0.4, 0.5) is 14.5 Å². The summed E-state index contributed by atoms with van der Waals surface area (Å²) in [6, 6.07) is 6.01. The van der Waals surface area contributed by atoms with Crippen LogP contribution in [-0.4, -0.2) is 32.6 Å². The molecule has 1 saturated carbocycles. The third-order valence-corrected chi connectivity index (χ3v) is 5.14. The van der Waals surface area contributed by atoms with Gasteiger partial charge in [0.15, 0.2) is 0 Å². The highest BCUT2D eigenvalue weighted by molar-refractivity contribution is 7.91. The van der Waals surface area contributed by atoms with Crippen LogP contribution < -0.4 is 4.90 Å². The molecule has 1 aliphatic rings. The van der Waals surface area contributed by atoms with Gasteiger partial charge in [-0.25, -0.2) is 8.42 Å². The van der Waals surface area contributed by atoms with Gasteiger partial charge in [0.1, 0.15) is 0 Å². The summed E-state index contributed by atoms with van der Waals surface area (Å²) in [4.78, 5) is 1.76. The third-order valence-electron chi connectivity index (χ3n) is 3.57.